The standard InChI is InChI=1S/C22H15Cl3N4O/c1-13-8-9-17(25)12-19(13)29-21(14-4-2-5-15(23)10-14)27-20(28-29)22(30)26-18-7-3-6-16(24)11-18/h2-12H,1H3,(H,26,30). The van der Waals surface area contributed by atoms with Crippen LogP contribution in [0, 0.1) is 6.92 Å². The summed E-state index contributed by atoms with van der Waals surface area (Å²) in [6.45, 7) is 1.93. The number of amides is 1. The maximum absolute atomic E-state index is 12.8. The summed E-state index contributed by atoms with van der Waals surface area (Å²) < 4.78 is 1.60. The van der Waals surface area contributed by atoms with E-state index >= 15 is 0 Å². The summed E-state index contributed by atoms with van der Waals surface area (Å²) in [5.74, 6) is 0.0161. The molecule has 1 amide bonds. The lowest BCUT2D eigenvalue weighted by Crippen LogP contribution is -2.14. The number of anilines is 1. The molecule has 0 saturated heterocycles. The summed E-state index contributed by atoms with van der Waals surface area (Å²) in [5.41, 5.74) is 2.91. The lowest BCUT2D eigenvalue weighted by atomic mass is 10.2. The van der Waals surface area contributed by atoms with E-state index < -0.39 is 5.91 Å². The average molecular weight is 458 g/mol. The summed E-state index contributed by atoms with van der Waals surface area (Å²) in [6, 6.07) is 19.5. The SMILES string of the molecule is Cc1ccc(Cl)cc1-n1nc(C(=O)Nc2cccc(Cl)c2)nc1-c1cccc(Cl)c1. The van der Waals surface area contributed by atoms with Gasteiger partial charge in [0.2, 0.25) is 5.82 Å². The third kappa shape index (κ3) is 4.33. The van der Waals surface area contributed by atoms with Gasteiger partial charge in [0, 0.05) is 26.3 Å². The van der Waals surface area contributed by atoms with E-state index in [2.05, 4.69) is 15.4 Å². The van der Waals surface area contributed by atoms with E-state index in [1.165, 1.54) is 0 Å². The van der Waals surface area contributed by atoms with Crippen molar-refractivity contribution in [3.63, 3.8) is 0 Å². The van der Waals surface area contributed by atoms with Crippen LogP contribution in [0.25, 0.3) is 17.1 Å². The molecule has 0 unspecified atom stereocenters. The van der Waals surface area contributed by atoms with Crippen molar-refractivity contribution in [2.75, 3.05) is 5.32 Å². The van der Waals surface area contributed by atoms with Crippen molar-refractivity contribution < 1.29 is 4.79 Å². The first-order valence-corrected chi connectivity index (χ1v) is 10.1. The molecule has 4 rings (SSSR count). The Hall–Kier alpha value is -2.86. The molecule has 150 valence electrons. The van der Waals surface area contributed by atoms with Gasteiger partial charge in [-0.2, -0.15) is 0 Å². The first-order chi connectivity index (χ1) is 14.4. The molecule has 0 aliphatic rings. The molecule has 0 spiro atoms. The zero-order chi connectivity index (χ0) is 21.3. The lowest BCUT2D eigenvalue weighted by Gasteiger charge is -2.09. The number of rotatable bonds is 4. The van der Waals surface area contributed by atoms with Gasteiger partial charge in [-0.1, -0.05) is 59.1 Å². The molecule has 4 aromatic rings. The first kappa shape index (κ1) is 20.4. The second kappa shape index (κ2) is 8.48. The number of benzene rings is 3. The Labute approximate surface area is 188 Å². The van der Waals surface area contributed by atoms with Crippen molar-refractivity contribution in [1.29, 1.82) is 0 Å². The van der Waals surface area contributed by atoms with Crippen LogP contribution in [0.2, 0.25) is 15.1 Å². The number of nitrogens with zero attached hydrogens (tertiary/aromatic N) is 3. The Morgan fingerprint density at radius 1 is 0.900 bits per heavy atom. The van der Waals surface area contributed by atoms with E-state index in [9.17, 15) is 4.79 Å². The molecule has 0 aliphatic carbocycles. The van der Waals surface area contributed by atoms with Gasteiger partial charge in [-0.15, -0.1) is 5.10 Å². The molecular weight excluding hydrogens is 443 g/mol. The second-order valence-electron chi connectivity index (χ2n) is 6.58. The summed E-state index contributed by atoms with van der Waals surface area (Å²) in [5, 5.41) is 8.85. The molecular formula is C22H15Cl3N4O. The van der Waals surface area contributed by atoms with E-state index in [1.807, 2.05) is 25.1 Å². The molecule has 0 saturated carbocycles. The number of hydrogen-bond acceptors (Lipinski definition) is 3. The quantitative estimate of drug-likeness (QED) is 0.383. The molecule has 3 aromatic carbocycles. The highest BCUT2D eigenvalue weighted by Gasteiger charge is 2.20. The number of hydrogen-bond donors (Lipinski definition) is 1. The van der Waals surface area contributed by atoms with Crippen molar-refractivity contribution in [2.24, 2.45) is 0 Å². The van der Waals surface area contributed by atoms with Crippen LogP contribution in [-0.4, -0.2) is 20.7 Å². The predicted octanol–water partition coefficient (Wildman–Crippen LogP) is 6.46. The maximum Gasteiger partial charge on any atom is 0.295 e. The van der Waals surface area contributed by atoms with Crippen LogP contribution in [-0.2, 0) is 0 Å². The minimum atomic E-state index is -0.459. The van der Waals surface area contributed by atoms with Crippen molar-refractivity contribution >= 4 is 46.4 Å². The van der Waals surface area contributed by atoms with Crippen molar-refractivity contribution in [2.45, 2.75) is 6.92 Å². The normalized spacial score (nSPS) is 10.8. The van der Waals surface area contributed by atoms with Gasteiger partial charge in [-0.05, 0) is 55.0 Å². The van der Waals surface area contributed by atoms with Gasteiger partial charge in [-0.25, -0.2) is 9.67 Å². The number of halogens is 3. The largest absolute Gasteiger partial charge is 0.319 e. The third-order valence-electron chi connectivity index (χ3n) is 4.37. The number of nitrogens with one attached hydrogen (secondary N) is 1. The van der Waals surface area contributed by atoms with Gasteiger partial charge in [0.05, 0.1) is 5.69 Å². The Morgan fingerprint density at radius 2 is 1.60 bits per heavy atom. The molecule has 0 radical (unpaired) electrons. The fraction of sp³-hybridized carbons (Fsp3) is 0.0455. The first-order valence-electron chi connectivity index (χ1n) is 8.97. The van der Waals surface area contributed by atoms with Crippen LogP contribution < -0.4 is 5.32 Å². The summed E-state index contributed by atoms with van der Waals surface area (Å²) in [6.07, 6.45) is 0. The Bertz CT molecular complexity index is 1250. The van der Waals surface area contributed by atoms with E-state index in [0.29, 0.717) is 32.3 Å². The Balaban J connectivity index is 1.81. The summed E-state index contributed by atoms with van der Waals surface area (Å²) >= 11 is 18.4. The minimum absolute atomic E-state index is 0.00401. The van der Waals surface area contributed by atoms with Crippen LogP contribution in [0.1, 0.15) is 16.2 Å². The molecule has 8 heteroatoms. The van der Waals surface area contributed by atoms with E-state index in [0.717, 1.165) is 11.1 Å². The van der Waals surface area contributed by atoms with Gasteiger partial charge in [0.1, 0.15) is 0 Å². The monoisotopic (exact) mass is 456 g/mol. The van der Waals surface area contributed by atoms with Gasteiger partial charge in [0.25, 0.3) is 5.91 Å². The van der Waals surface area contributed by atoms with Crippen LogP contribution in [0.3, 0.4) is 0 Å². The molecule has 5 nitrogen and oxygen atoms in total. The highest BCUT2D eigenvalue weighted by Crippen LogP contribution is 2.27. The van der Waals surface area contributed by atoms with Gasteiger partial charge < -0.3 is 5.32 Å². The van der Waals surface area contributed by atoms with Crippen LogP contribution in [0.5, 0.6) is 0 Å². The maximum atomic E-state index is 12.8. The molecule has 0 bridgehead atoms. The van der Waals surface area contributed by atoms with E-state index in [1.54, 1.807) is 53.2 Å². The molecule has 0 aliphatic heterocycles. The van der Waals surface area contributed by atoms with Crippen molar-refractivity contribution in [1.82, 2.24) is 14.8 Å². The van der Waals surface area contributed by atoms with Crippen molar-refractivity contribution in [3.8, 4) is 17.1 Å². The Kier molecular flexibility index (Phi) is 5.77. The molecule has 1 heterocycles. The molecule has 1 N–H and O–H groups in total. The third-order valence-corrected chi connectivity index (χ3v) is 5.08. The van der Waals surface area contributed by atoms with Gasteiger partial charge in [-0.3, -0.25) is 4.79 Å². The molecule has 0 fully saturated rings. The minimum Gasteiger partial charge on any atom is -0.319 e. The summed E-state index contributed by atoms with van der Waals surface area (Å²) in [7, 11) is 0. The second-order valence-corrected chi connectivity index (χ2v) is 7.89. The van der Waals surface area contributed by atoms with Crippen LogP contribution in [0.15, 0.2) is 66.7 Å². The van der Waals surface area contributed by atoms with Gasteiger partial charge >= 0.3 is 0 Å². The summed E-state index contributed by atoms with van der Waals surface area (Å²) in [4.78, 5) is 17.3. The number of carbonyl (C=O) groups is 1. The zero-order valence-electron chi connectivity index (χ0n) is 15.7. The Morgan fingerprint density at radius 3 is 2.33 bits per heavy atom. The highest BCUT2D eigenvalue weighted by molar-refractivity contribution is 6.31. The van der Waals surface area contributed by atoms with E-state index in [-0.39, 0.29) is 5.82 Å². The zero-order valence-corrected chi connectivity index (χ0v) is 18.0. The number of carbonyl (C=O) groups excluding carboxylic acids is 1. The van der Waals surface area contributed by atoms with Crippen LogP contribution >= 0.6 is 34.8 Å². The smallest absolute Gasteiger partial charge is 0.295 e. The van der Waals surface area contributed by atoms with Gasteiger partial charge in [0.15, 0.2) is 5.82 Å². The molecule has 1 aromatic heterocycles. The fourth-order valence-electron chi connectivity index (χ4n) is 2.95. The van der Waals surface area contributed by atoms with Crippen LogP contribution in [0.4, 0.5) is 5.69 Å². The predicted molar refractivity (Wildman–Crippen MR) is 121 cm³/mol. The lowest BCUT2D eigenvalue weighted by molar-refractivity contribution is 0.101. The fourth-order valence-corrected chi connectivity index (χ4v) is 3.50. The molecule has 30 heavy (non-hydrogen) atoms. The number of aryl methyl sites for hydroxylation is 1. The highest BCUT2D eigenvalue weighted by atomic mass is 35.5. The number of aromatic nitrogens is 3. The van der Waals surface area contributed by atoms with Crippen molar-refractivity contribution in [3.05, 3.63) is 93.2 Å². The topological polar surface area (TPSA) is 59.8 Å². The average Bonchev–Trinajstić information content (AvgIpc) is 3.15. The molecule has 0 atom stereocenters. The van der Waals surface area contributed by atoms with E-state index in [4.69, 9.17) is 34.8 Å².